The van der Waals surface area contributed by atoms with Gasteiger partial charge in [-0.05, 0) is 82.7 Å². The number of carbonyl (C=O) groups excluding carboxylic acids is 2. The lowest BCUT2D eigenvalue weighted by Crippen LogP contribution is -2.67. The Kier molecular flexibility index (Phi) is 7.11. The Hall–Kier alpha value is -2.08. The highest BCUT2D eigenvalue weighted by molar-refractivity contribution is 6.31. The Morgan fingerprint density at radius 2 is 2.03 bits per heavy atom. The summed E-state index contributed by atoms with van der Waals surface area (Å²) in [5.74, 6) is -0.231. The number of carbonyl (C=O) groups is 2. The topological polar surface area (TPSA) is 85.4 Å². The molecule has 0 aromatic heterocycles. The third-order valence-electron chi connectivity index (χ3n) is 8.74. The Bertz CT molecular complexity index is 1100. The summed E-state index contributed by atoms with van der Waals surface area (Å²) in [7, 11) is 0. The van der Waals surface area contributed by atoms with Gasteiger partial charge in [0.1, 0.15) is 6.04 Å². The van der Waals surface area contributed by atoms with Crippen molar-refractivity contribution in [2.24, 2.45) is 5.41 Å². The first-order chi connectivity index (χ1) is 17.8. The summed E-state index contributed by atoms with van der Waals surface area (Å²) in [5, 5.41) is 12.5. The molecule has 2 N–H and O–H groups in total. The fourth-order valence-electron chi connectivity index (χ4n) is 6.18. The van der Waals surface area contributed by atoms with Gasteiger partial charge in [-0.25, -0.2) is 4.79 Å². The molecule has 5 rings (SSSR count). The van der Waals surface area contributed by atoms with Gasteiger partial charge in [-0.2, -0.15) is 13.2 Å². The van der Waals surface area contributed by atoms with Crippen LogP contribution in [0.1, 0.15) is 51.5 Å². The lowest BCUT2D eigenvalue weighted by atomic mass is 9.90. The van der Waals surface area contributed by atoms with Crippen LogP contribution in [0.2, 0.25) is 5.02 Å². The molecule has 4 aliphatic rings. The number of ether oxygens (including phenoxy) is 1. The number of piperidine rings is 1. The first kappa shape index (κ1) is 27.5. The van der Waals surface area contributed by atoms with Crippen LogP contribution >= 0.6 is 11.6 Å². The number of amides is 3. The molecule has 4 fully saturated rings. The number of hydrogen-bond donors (Lipinski definition) is 2. The molecule has 1 unspecified atom stereocenters. The number of alkyl halides is 3. The van der Waals surface area contributed by atoms with Crippen LogP contribution in [0.4, 0.5) is 23.7 Å². The molecule has 1 spiro atoms. The fourth-order valence-corrected chi connectivity index (χ4v) is 6.47. The standard InChI is InChI=1S/C26H34ClF3N4O4/c1-16-22(36)34-18(4-3-10-32-11-9-25(7-8-25)21(35)13-32)14-38-24(34,2)15-33(16)23(37)31-17-5-6-19(20(27)12-17)26(28,29)30/h5-6,12,16,18,21,35H,3-4,7-11,13-15H2,1-2H3,(H,31,37)/t16-,18-,21+,24?/m0/s1. The zero-order valence-corrected chi connectivity index (χ0v) is 22.3. The second-order valence-corrected chi connectivity index (χ2v) is 11.8. The Morgan fingerprint density at radius 1 is 1.29 bits per heavy atom. The summed E-state index contributed by atoms with van der Waals surface area (Å²) >= 11 is 5.78. The number of fused-ring (bicyclic) bond motifs is 1. The molecule has 0 bridgehead atoms. The number of benzene rings is 1. The number of anilines is 1. The normalized spacial score (nSPS) is 31.0. The number of likely N-dealkylation sites (tertiary alicyclic amines) is 1. The molecule has 1 saturated carbocycles. The van der Waals surface area contributed by atoms with Crippen LogP contribution < -0.4 is 5.32 Å². The third-order valence-corrected chi connectivity index (χ3v) is 9.05. The van der Waals surface area contributed by atoms with Gasteiger partial charge in [0.15, 0.2) is 5.72 Å². The number of β-amino-alcohol motifs (C(OH)–C–C–N with tert-alkyl or cyclic N) is 1. The van der Waals surface area contributed by atoms with E-state index in [0.29, 0.717) is 13.2 Å². The van der Waals surface area contributed by atoms with E-state index in [0.717, 1.165) is 63.4 Å². The van der Waals surface area contributed by atoms with Crippen LogP contribution in [0.25, 0.3) is 0 Å². The number of aliphatic hydroxyl groups is 1. The monoisotopic (exact) mass is 558 g/mol. The average molecular weight is 559 g/mol. The average Bonchev–Trinajstić information content (AvgIpc) is 3.54. The minimum absolute atomic E-state index is 0.0980. The maximum atomic E-state index is 13.4. The summed E-state index contributed by atoms with van der Waals surface area (Å²) in [5.41, 5.74) is -1.72. The van der Waals surface area contributed by atoms with Crippen molar-refractivity contribution >= 4 is 29.2 Å². The van der Waals surface area contributed by atoms with E-state index in [9.17, 15) is 27.9 Å². The van der Waals surface area contributed by atoms with Crippen LogP contribution in [-0.2, 0) is 15.7 Å². The Labute approximate surface area is 225 Å². The summed E-state index contributed by atoms with van der Waals surface area (Å²) in [4.78, 5) is 31.9. The van der Waals surface area contributed by atoms with Crippen LogP contribution in [0.3, 0.4) is 0 Å². The van der Waals surface area contributed by atoms with Crippen molar-refractivity contribution in [2.45, 2.75) is 76.0 Å². The lowest BCUT2D eigenvalue weighted by Gasteiger charge is -2.47. The molecule has 1 aliphatic carbocycles. The minimum Gasteiger partial charge on any atom is -0.391 e. The SMILES string of the molecule is C[C@H]1C(=O)N2[C@@H](CCCN3CCC4(CC4)[C@H](O)C3)COC2(C)CN1C(=O)Nc1ccc(C(F)(F)F)c(Cl)c1. The predicted molar refractivity (Wildman–Crippen MR) is 135 cm³/mol. The molecule has 1 aromatic carbocycles. The van der Waals surface area contributed by atoms with Crippen LogP contribution in [0.5, 0.6) is 0 Å². The number of hydrogen-bond acceptors (Lipinski definition) is 5. The lowest BCUT2D eigenvalue weighted by molar-refractivity contribution is -0.167. The molecule has 38 heavy (non-hydrogen) atoms. The zero-order chi connectivity index (χ0) is 27.5. The number of halogens is 4. The molecule has 3 heterocycles. The third kappa shape index (κ3) is 5.10. The van der Waals surface area contributed by atoms with E-state index in [4.69, 9.17) is 16.3 Å². The summed E-state index contributed by atoms with van der Waals surface area (Å²) in [6.45, 7) is 6.45. The molecule has 3 amide bonds. The molecule has 210 valence electrons. The van der Waals surface area contributed by atoms with Gasteiger partial charge in [-0.15, -0.1) is 0 Å². The van der Waals surface area contributed by atoms with Crippen molar-refractivity contribution in [2.75, 3.05) is 38.1 Å². The van der Waals surface area contributed by atoms with E-state index < -0.39 is 34.6 Å². The van der Waals surface area contributed by atoms with E-state index in [2.05, 4.69) is 10.2 Å². The molecule has 8 nitrogen and oxygen atoms in total. The molecule has 0 radical (unpaired) electrons. The largest absolute Gasteiger partial charge is 0.417 e. The van der Waals surface area contributed by atoms with E-state index in [1.54, 1.807) is 18.7 Å². The van der Waals surface area contributed by atoms with E-state index in [1.165, 1.54) is 4.90 Å². The number of nitrogens with zero attached hydrogens (tertiary/aromatic N) is 3. The van der Waals surface area contributed by atoms with Gasteiger partial charge in [0.05, 0.1) is 35.9 Å². The number of piperazine rings is 1. The van der Waals surface area contributed by atoms with Crippen LogP contribution in [-0.4, -0.2) is 88.4 Å². The number of aliphatic hydroxyl groups excluding tert-OH is 1. The highest BCUT2D eigenvalue weighted by atomic mass is 35.5. The van der Waals surface area contributed by atoms with E-state index >= 15 is 0 Å². The highest BCUT2D eigenvalue weighted by Crippen LogP contribution is 2.53. The predicted octanol–water partition coefficient (Wildman–Crippen LogP) is 4.17. The van der Waals surface area contributed by atoms with Crippen molar-refractivity contribution in [1.82, 2.24) is 14.7 Å². The first-order valence-corrected chi connectivity index (χ1v) is 13.5. The number of urea groups is 1. The van der Waals surface area contributed by atoms with Gasteiger partial charge >= 0.3 is 12.2 Å². The second-order valence-electron chi connectivity index (χ2n) is 11.3. The molecule has 4 atom stereocenters. The molecular weight excluding hydrogens is 525 g/mol. The molecule has 1 aromatic rings. The number of nitrogens with one attached hydrogen (secondary N) is 1. The number of rotatable bonds is 5. The molecule has 12 heteroatoms. The molecule has 3 saturated heterocycles. The van der Waals surface area contributed by atoms with Gasteiger partial charge < -0.3 is 29.9 Å². The highest BCUT2D eigenvalue weighted by Gasteiger charge is 2.55. The minimum atomic E-state index is -4.60. The zero-order valence-electron chi connectivity index (χ0n) is 21.6. The maximum absolute atomic E-state index is 13.4. The summed E-state index contributed by atoms with van der Waals surface area (Å²) in [6, 6.07) is 1.48. The van der Waals surface area contributed by atoms with Crippen molar-refractivity contribution in [3.8, 4) is 0 Å². The van der Waals surface area contributed by atoms with Crippen molar-refractivity contribution in [3.63, 3.8) is 0 Å². The van der Waals surface area contributed by atoms with Gasteiger partial charge in [-0.1, -0.05) is 11.6 Å². The van der Waals surface area contributed by atoms with Gasteiger partial charge in [-0.3, -0.25) is 4.79 Å². The van der Waals surface area contributed by atoms with Crippen molar-refractivity contribution in [3.05, 3.63) is 28.8 Å². The Morgan fingerprint density at radius 3 is 2.66 bits per heavy atom. The van der Waals surface area contributed by atoms with Gasteiger partial charge in [0, 0.05) is 12.2 Å². The molecule has 3 aliphatic heterocycles. The van der Waals surface area contributed by atoms with Crippen LogP contribution in [0, 0.1) is 5.41 Å². The smallest absolute Gasteiger partial charge is 0.391 e. The van der Waals surface area contributed by atoms with Crippen LogP contribution in [0.15, 0.2) is 18.2 Å². The van der Waals surface area contributed by atoms with Gasteiger partial charge in [0.2, 0.25) is 5.91 Å². The van der Waals surface area contributed by atoms with Crippen molar-refractivity contribution in [1.29, 1.82) is 0 Å². The molecular formula is C26H34ClF3N4O4. The second kappa shape index (κ2) is 9.83. The first-order valence-electron chi connectivity index (χ1n) is 13.1. The van der Waals surface area contributed by atoms with E-state index in [-0.39, 0.29) is 35.7 Å². The summed E-state index contributed by atoms with van der Waals surface area (Å²) in [6.07, 6.45) is 0.0520. The maximum Gasteiger partial charge on any atom is 0.417 e. The fraction of sp³-hybridized carbons (Fsp3) is 0.692. The quantitative estimate of drug-likeness (QED) is 0.567. The van der Waals surface area contributed by atoms with Gasteiger partial charge in [0.25, 0.3) is 0 Å². The van der Waals surface area contributed by atoms with Crippen molar-refractivity contribution < 1.29 is 32.6 Å². The summed E-state index contributed by atoms with van der Waals surface area (Å²) < 4.78 is 45.0. The Balaban J connectivity index is 1.18. The van der Waals surface area contributed by atoms with E-state index in [1.807, 2.05) is 0 Å².